The monoisotopic (exact) mass is 499 g/mol. The Balaban J connectivity index is 0.00000280. The molecule has 6 nitrogen and oxygen atoms in total. The minimum Gasteiger partial charge on any atom is -0.357 e. The van der Waals surface area contributed by atoms with Crippen molar-refractivity contribution in [2.75, 3.05) is 45.8 Å². The fraction of sp³-hybridized carbons (Fsp3) is 0.619. The SMILES string of the molecule is CCNC(=NCC1CCCN1Cc1ccccc1)N1CCN(C(C)=O)CC1.I. The van der Waals surface area contributed by atoms with Crippen LogP contribution < -0.4 is 5.32 Å². The standard InChI is InChI=1S/C21H33N5O.HI/c1-3-22-21(25-14-12-24(13-15-25)18(2)27)23-16-20-10-7-11-26(20)17-19-8-5-4-6-9-19;/h4-6,8-9,20H,3,7,10-17H2,1-2H3,(H,22,23);1H. The fourth-order valence-electron chi connectivity index (χ4n) is 3.98. The van der Waals surface area contributed by atoms with E-state index in [4.69, 9.17) is 4.99 Å². The summed E-state index contributed by atoms with van der Waals surface area (Å²) in [6, 6.07) is 11.2. The molecule has 1 aromatic carbocycles. The maximum atomic E-state index is 11.5. The maximum Gasteiger partial charge on any atom is 0.219 e. The lowest BCUT2D eigenvalue weighted by molar-refractivity contribution is -0.130. The Labute approximate surface area is 186 Å². The first kappa shape index (κ1) is 22.9. The number of carbonyl (C=O) groups excluding carboxylic acids is 1. The van der Waals surface area contributed by atoms with Gasteiger partial charge in [-0.05, 0) is 31.9 Å². The van der Waals surface area contributed by atoms with Crippen LogP contribution in [0, 0.1) is 0 Å². The molecule has 7 heteroatoms. The number of carbonyl (C=O) groups is 1. The van der Waals surface area contributed by atoms with Gasteiger partial charge in [0.05, 0.1) is 6.54 Å². The molecule has 28 heavy (non-hydrogen) atoms. The van der Waals surface area contributed by atoms with E-state index in [2.05, 4.69) is 52.4 Å². The van der Waals surface area contributed by atoms with Gasteiger partial charge >= 0.3 is 0 Å². The molecule has 1 atom stereocenters. The highest BCUT2D eigenvalue weighted by molar-refractivity contribution is 14.0. The third-order valence-corrected chi connectivity index (χ3v) is 5.54. The third kappa shape index (κ3) is 6.34. The molecular formula is C21H34IN5O. The molecule has 2 aliphatic rings. The molecule has 2 fully saturated rings. The average Bonchev–Trinajstić information content (AvgIpc) is 3.13. The molecule has 0 aromatic heterocycles. The molecule has 0 aliphatic carbocycles. The van der Waals surface area contributed by atoms with E-state index in [1.807, 2.05) is 4.90 Å². The van der Waals surface area contributed by atoms with Crippen molar-refractivity contribution in [3.63, 3.8) is 0 Å². The first-order chi connectivity index (χ1) is 13.2. The van der Waals surface area contributed by atoms with Crippen LogP contribution >= 0.6 is 24.0 Å². The van der Waals surface area contributed by atoms with E-state index in [1.54, 1.807) is 6.92 Å². The Morgan fingerprint density at radius 1 is 1.11 bits per heavy atom. The predicted octanol–water partition coefficient (Wildman–Crippen LogP) is 2.40. The van der Waals surface area contributed by atoms with Gasteiger partial charge in [0.25, 0.3) is 0 Å². The number of amides is 1. The van der Waals surface area contributed by atoms with Crippen molar-refractivity contribution >= 4 is 35.8 Å². The molecule has 2 saturated heterocycles. The summed E-state index contributed by atoms with van der Waals surface area (Å²) < 4.78 is 0. The summed E-state index contributed by atoms with van der Waals surface area (Å²) in [5.41, 5.74) is 1.38. The van der Waals surface area contributed by atoms with Crippen molar-refractivity contribution in [3.05, 3.63) is 35.9 Å². The number of halogens is 1. The van der Waals surface area contributed by atoms with Crippen molar-refractivity contribution in [2.24, 2.45) is 4.99 Å². The second-order valence-corrected chi connectivity index (χ2v) is 7.44. The summed E-state index contributed by atoms with van der Waals surface area (Å²) in [5, 5.41) is 3.44. The molecule has 0 bridgehead atoms. The van der Waals surface area contributed by atoms with E-state index >= 15 is 0 Å². The number of guanidine groups is 1. The highest BCUT2D eigenvalue weighted by atomic mass is 127. The van der Waals surface area contributed by atoms with Gasteiger partial charge in [0, 0.05) is 52.2 Å². The van der Waals surface area contributed by atoms with Crippen LogP contribution in [0.2, 0.25) is 0 Å². The van der Waals surface area contributed by atoms with Crippen LogP contribution in [-0.4, -0.2) is 78.4 Å². The molecule has 3 rings (SSSR count). The molecule has 2 heterocycles. The zero-order valence-electron chi connectivity index (χ0n) is 17.1. The van der Waals surface area contributed by atoms with Crippen LogP contribution in [0.25, 0.3) is 0 Å². The summed E-state index contributed by atoms with van der Waals surface area (Å²) in [6.45, 7) is 10.9. The van der Waals surface area contributed by atoms with Crippen LogP contribution in [0.1, 0.15) is 32.3 Å². The van der Waals surface area contributed by atoms with Gasteiger partial charge in [-0.2, -0.15) is 0 Å². The first-order valence-electron chi connectivity index (χ1n) is 10.2. The van der Waals surface area contributed by atoms with Gasteiger partial charge in [-0.3, -0.25) is 14.7 Å². The van der Waals surface area contributed by atoms with Crippen LogP contribution in [-0.2, 0) is 11.3 Å². The van der Waals surface area contributed by atoms with Crippen LogP contribution in [0.5, 0.6) is 0 Å². The number of hydrogen-bond acceptors (Lipinski definition) is 3. The van der Waals surface area contributed by atoms with Gasteiger partial charge in [-0.25, -0.2) is 0 Å². The molecule has 1 amide bonds. The van der Waals surface area contributed by atoms with Gasteiger partial charge in [0.15, 0.2) is 5.96 Å². The predicted molar refractivity (Wildman–Crippen MR) is 125 cm³/mol. The second kappa shape index (κ2) is 11.6. The van der Waals surface area contributed by atoms with Gasteiger partial charge in [-0.15, -0.1) is 24.0 Å². The maximum absolute atomic E-state index is 11.5. The number of likely N-dealkylation sites (tertiary alicyclic amines) is 1. The molecule has 156 valence electrons. The Bertz CT molecular complexity index is 631. The average molecular weight is 499 g/mol. The van der Waals surface area contributed by atoms with E-state index in [-0.39, 0.29) is 29.9 Å². The van der Waals surface area contributed by atoms with Gasteiger partial charge < -0.3 is 15.1 Å². The lowest BCUT2D eigenvalue weighted by Crippen LogP contribution is -2.53. The number of nitrogens with one attached hydrogen (secondary N) is 1. The van der Waals surface area contributed by atoms with Gasteiger partial charge in [0.2, 0.25) is 5.91 Å². The van der Waals surface area contributed by atoms with E-state index < -0.39 is 0 Å². The Morgan fingerprint density at radius 3 is 2.43 bits per heavy atom. The van der Waals surface area contributed by atoms with Crippen molar-refractivity contribution in [1.29, 1.82) is 0 Å². The highest BCUT2D eigenvalue weighted by Crippen LogP contribution is 2.20. The van der Waals surface area contributed by atoms with Crippen molar-refractivity contribution in [3.8, 4) is 0 Å². The zero-order chi connectivity index (χ0) is 19.1. The minimum atomic E-state index is 0. The van der Waals surface area contributed by atoms with Crippen molar-refractivity contribution in [1.82, 2.24) is 20.0 Å². The molecule has 1 N–H and O–H groups in total. The number of aliphatic imine (C=N–C) groups is 1. The van der Waals surface area contributed by atoms with Crippen LogP contribution in [0.3, 0.4) is 0 Å². The summed E-state index contributed by atoms with van der Waals surface area (Å²) in [6.07, 6.45) is 2.47. The first-order valence-corrected chi connectivity index (χ1v) is 10.2. The largest absolute Gasteiger partial charge is 0.357 e. The number of rotatable bonds is 5. The lowest BCUT2D eigenvalue weighted by Gasteiger charge is -2.36. The van der Waals surface area contributed by atoms with E-state index in [1.165, 1.54) is 18.4 Å². The van der Waals surface area contributed by atoms with E-state index in [9.17, 15) is 4.79 Å². The van der Waals surface area contributed by atoms with Crippen LogP contribution in [0.15, 0.2) is 35.3 Å². The van der Waals surface area contributed by atoms with Crippen LogP contribution in [0.4, 0.5) is 0 Å². The molecule has 1 unspecified atom stereocenters. The fourth-order valence-corrected chi connectivity index (χ4v) is 3.98. The molecule has 2 aliphatic heterocycles. The van der Waals surface area contributed by atoms with Gasteiger partial charge in [-0.1, -0.05) is 30.3 Å². The zero-order valence-corrected chi connectivity index (χ0v) is 19.5. The minimum absolute atomic E-state index is 0. The van der Waals surface area contributed by atoms with Crippen molar-refractivity contribution < 1.29 is 4.79 Å². The molecule has 0 radical (unpaired) electrons. The Kier molecular flexibility index (Phi) is 9.50. The Hall–Kier alpha value is -1.35. The van der Waals surface area contributed by atoms with Crippen molar-refractivity contribution in [2.45, 2.75) is 39.3 Å². The second-order valence-electron chi connectivity index (χ2n) is 7.44. The molecule has 0 saturated carbocycles. The summed E-state index contributed by atoms with van der Waals surface area (Å²) in [7, 11) is 0. The number of benzene rings is 1. The Morgan fingerprint density at radius 2 is 1.79 bits per heavy atom. The number of nitrogens with zero attached hydrogens (tertiary/aromatic N) is 4. The normalized spacial score (nSPS) is 20.8. The number of hydrogen-bond donors (Lipinski definition) is 1. The van der Waals surface area contributed by atoms with Gasteiger partial charge in [0.1, 0.15) is 0 Å². The molecular weight excluding hydrogens is 465 g/mol. The molecule has 0 spiro atoms. The smallest absolute Gasteiger partial charge is 0.219 e. The topological polar surface area (TPSA) is 51.2 Å². The van der Waals surface area contributed by atoms with E-state index in [0.29, 0.717) is 6.04 Å². The van der Waals surface area contributed by atoms with E-state index in [0.717, 1.165) is 58.3 Å². The summed E-state index contributed by atoms with van der Waals surface area (Å²) >= 11 is 0. The number of piperazine rings is 1. The molecule has 1 aromatic rings. The summed E-state index contributed by atoms with van der Waals surface area (Å²) in [4.78, 5) is 23.3. The summed E-state index contributed by atoms with van der Waals surface area (Å²) in [5.74, 6) is 1.16. The quantitative estimate of drug-likeness (QED) is 0.384. The highest BCUT2D eigenvalue weighted by Gasteiger charge is 2.25. The lowest BCUT2D eigenvalue weighted by atomic mass is 10.2. The third-order valence-electron chi connectivity index (χ3n) is 5.54.